The van der Waals surface area contributed by atoms with Gasteiger partial charge in [0.05, 0.1) is 23.8 Å². The molecule has 2 fully saturated rings. The molecule has 1 aromatic carbocycles. The molecule has 2 heterocycles. The van der Waals surface area contributed by atoms with Gasteiger partial charge in [0.25, 0.3) is 5.91 Å². The van der Waals surface area contributed by atoms with E-state index in [4.69, 9.17) is 4.74 Å². The third kappa shape index (κ3) is 3.03. The standard InChI is InChI=1S/C18H20N2O2S/c21-18(20-9-10-22-16-8-4-7-15(16)20)14-12-23-17(19-14)11-13-5-2-1-3-6-13/h1-3,5-6,12,15-16H,4,7-11H2/t15-,16-/m1/s1. The zero-order valence-corrected chi connectivity index (χ0v) is 13.8. The summed E-state index contributed by atoms with van der Waals surface area (Å²) in [5, 5.41) is 2.90. The van der Waals surface area contributed by atoms with Gasteiger partial charge in [-0.15, -0.1) is 11.3 Å². The lowest BCUT2D eigenvalue weighted by Crippen LogP contribution is -2.51. The van der Waals surface area contributed by atoms with Crippen LogP contribution in [0.5, 0.6) is 0 Å². The van der Waals surface area contributed by atoms with Crippen molar-refractivity contribution in [2.75, 3.05) is 13.2 Å². The second kappa shape index (κ2) is 6.42. The van der Waals surface area contributed by atoms with Gasteiger partial charge < -0.3 is 9.64 Å². The lowest BCUT2D eigenvalue weighted by atomic mass is 10.1. The maximum Gasteiger partial charge on any atom is 0.273 e. The third-order valence-corrected chi connectivity index (χ3v) is 5.56. The van der Waals surface area contributed by atoms with Crippen molar-refractivity contribution in [3.05, 3.63) is 52.0 Å². The number of hydrogen-bond donors (Lipinski definition) is 0. The highest BCUT2D eigenvalue weighted by molar-refractivity contribution is 7.09. The van der Waals surface area contributed by atoms with E-state index in [1.54, 1.807) is 11.3 Å². The Kier molecular flexibility index (Phi) is 4.14. The minimum Gasteiger partial charge on any atom is -0.374 e. The number of nitrogens with zero attached hydrogens (tertiary/aromatic N) is 2. The van der Waals surface area contributed by atoms with E-state index in [-0.39, 0.29) is 18.1 Å². The molecule has 2 aliphatic rings. The number of thiazole rings is 1. The Balaban J connectivity index is 1.48. The first-order chi connectivity index (χ1) is 11.3. The van der Waals surface area contributed by atoms with Crippen molar-refractivity contribution < 1.29 is 9.53 Å². The summed E-state index contributed by atoms with van der Waals surface area (Å²) in [4.78, 5) is 19.4. The lowest BCUT2D eigenvalue weighted by Gasteiger charge is -2.37. The predicted molar refractivity (Wildman–Crippen MR) is 89.8 cm³/mol. The van der Waals surface area contributed by atoms with Crippen LogP contribution in [0.4, 0.5) is 0 Å². The second-order valence-corrected chi connectivity index (χ2v) is 7.14. The summed E-state index contributed by atoms with van der Waals surface area (Å²) >= 11 is 1.57. The Hall–Kier alpha value is -1.72. The van der Waals surface area contributed by atoms with Crippen LogP contribution in [0.3, 0.4) is 0 Å². The van der Waals surface area contributed by atoms with E-state index >= 15 is 0 Å². The van der Waals surface area contributed by atoms with E-state index in [9.17, 15) is 4.79 Å². The molecule has 1 saturated heterocycles. The zero-order valence-electron chi connectivity index (χ0n) is 13.0. The van der Waals surface area contributed by atoms with Gasteiger partial charge in [0.15, 0.2) is 0 Å². The van der Waals surface area contributed by atoms with Crippen LogP contribution in [0.1, 0.15) is 40.3 Å². The van der Waals surface area contributed by atoms with Gasteiger partial charge in [-0.25, -0.2) is 4.98 Å². The number of morpholine rings is 1. The Bertz CT molecular complexity index is 685. The summed E-state index contributed by atoms with van der Waals surface area (Å²) in [5.41, 5.74) is 1.82. The van der Waals surface area contributed by atoms with E-state index in [1.807, 2.05) is 28.5 Å². The first kappa shape index (κ1) is 14.8. The largest absolute Gasteiger partial charge is 0.374 e. The molecule has 1 saturated carbocycles. The normalized spacial score (nSPS) is 23.7. The number of fused-ring (bicyclic) bond motifs is 1. The van der Waals surface area contributed by atoms with E-state index in [0.29, 0.717) is 18.8 Å². The van der Waals surface area contributed by atoms with E-state index in [0.717, 1.165) is 30.7 Å². The van der Waals surface area contributed by atoms with Crippen LogP contribution in [-0.2, 0) is 11.2 Å². The SMILES string of the molecule is O=C(c1csc(Cc2ccccc2)n1)N1CCO[C@@H]2CCC[C@H]21. The summed E-state index contributed by atoms with van der Waals surface area (Å²) in [5.74, 6) is 0.0701. The quantitative estimate of drug-likeness (QED) is 0.869. The minimum atomic E-state index is 0.0701. The van der Waals surface area contributed by atoms with Gasteiger partial charge in [-0.1, -0.05) is 30.3 Å². The molecular formula is C18H20N2O2S. The highest BCUT2D eigenvalue weighted by atomic mass is 32.1. The number of rotatable bonds is 3. The van der Waals surface area contributed by atoms with Crippen LogP contribution in [0.15, 0.2) is 35.7 Å². The number of carbonyl (C=O) groups excluding carboxylic acids is 1. The average molecular weight is 328 g/mol. The van der Waals surface area contributed by atoms with E-state index < -0.39 is 0 Å². The van der Waals surface area contributed by atoms with Crippen molar-refractivity contribution in [2.24, 2.45) is 0 Å². The Morgan fingerprint density at radius 3 is 3.04 bits per heavy atom. The molecule has 1 aliphatic carbocycles. The summed E-state index contributed by atoms with van der Waals surface area (Å²) in [7, 11) is 0. The van der Waals surface area contributed by atoms with E-state index in [2.05, 4.69) is 17.1 Å². The monoisotopic (exact) mass is 328 g/mol. The molecule has 0 spiro atoms. The van der Waals surface area contributed by atoms with Crippen molar-refractivity contribution in [1.29, 1.82) is 0 Å². The molecule has 2 atom stereocenters. The van der Waals surface area contributed by atoms with Crippen molar-refractivity contribution in [2.45, 2.75) is 37.8 Å². The van der Waals surface area contributed by atoms with Gasteiger partial charge in [-0.3, -0.25) is 4.79 Å². The number of ether oxygens (including phenoxy) is 1. The van der Waals surface area contributed by atoms with Crippen LogP contribution in [0, 0.1) is 0 Å². The van der Waals surface area contributed by atoms with Crippen LogP contribution in [0.25, 0.3) is 0 Å². The number of carbonyl (C=O) groups is 1. The number of aromatic nitrogens is 1. The smallest absolute Gasteiger partial charge is 0.273 e. The van der Waals surface area contributed by atoms with Gasteiger partial charge in [0.2, 0.25) is 0 Å². The molecular weight excluding hydrogens is 308 g/mol. The molecule has 1 aromatic heterocycles. The molecule has 4 rings (SSSR count). The third-order valence-electron chi connectivity index (χ3n) is 4.71. The Labute approximate surface area is 140 Å². The molecule has 0 radical (unpaired) electrons. The molecule has 0 bridgehead atoms. The van der Waals surface area contributed by atoms with Gasteiger partial charge in [-0.2, -0.15) is 0 Å². The highest BCUT2D eigenvalue weighted by Gasteiger charge is 2.39. The van der Waals surface area contributed by atoms with E-state index in [1.165, 1.54) is 5.56 Å². The summed E-state index contributed by atoms with van der Waals surface area (Å²) in [6.45, 7) is 1.33. The summed E-state index contributed by atoms with van der Waals surface area (Å²) in [6.07, 6.45) is 4.29. The molecule has 5 heteroatoms. The van der Waals surface area contributed by atoms with Crippen LogP contribution in [0.2, 0.25) is 0 Å². The summed E-state index contributed by atoms with van der Waals surface area (Å²) < 4.78 is 5.79. The molecule has 2 aromatic rings. The zero-order chi connectivity index (χ0) is 15.6. The van der Waals surface area contributed by atoms with Gasteiger partial charge in [0, 0.05) is 18.3 Å². The maximum atomic E-state index is 12.8. The number of benzene rings is 1. The van der Waals surface area contributed by atoms with Crippen LogP contribution in [-0.4, -0.2) is 41.1 Å². The molecule has 120 valence electrons. The second-order valence-electron chi connectivity index (χ2n) is 6.19. The molecule has 0 N–H and O–H groups in total. The predicted octanol–water partition coefficient (Wildman–Crippen LogP) is 3.13. The fraction of sp³-hybridized carbons (Fsp3) is 0.444. The fourth-order valence-corrected chi connectivity index (χ4v) is 4.39. The van der Waals surface area contributed by atoms with Crippen LogP contribution >= 0.6 is 11.3 Å². The van der Waals surface area contributed by atoms with Gasteiger partial charge in [0.1, 0.15) is 5.69 Å². The molecule has 0 unspecified atom stereocenters. The minimum absolute atomic E-state index is 0.0701. The molecule has 1 aliphatic heterocycles. The Morgan fingerprint density at radius 1 is 1.30 bits per heavy atom. The lowest BCUT2D eigenvalue weighted by molar-refractivity contribution is -0.0447. The highest BCUT2D eigenvalue weighted by Crippen LogP contribution is 2.30. The van der Waals surface area contributed by atoms with Crippen molar-refractivity contribution in [3.8, 4) is 0 Å². The fourth-order valence-electron chi connectivity index (χ4n) is 3.59. The van der Waals surface area contributed by atoms with Crippen molar-refractivity contribution in [1.82, 2.24) is 9.88 Å². The topological polar surface area (TPSA) is 42.4 Å². The molecule has 23 heavy (non-hydrogen) atoms. The summed E-state index contributed by atoms with van der Waals surface area (Å²) in [6, 6.07) is 10.5. The van der Waals surface area contributed by atoms with Crippen molar-refractivity contribution in [3.63, 3.8) is 0 Å². The number of hydrogen-bond acceptors (Lipinski definition) is 4. The first-order valence-corrected chi connectivity index (χ1v) is 9.10. The molecule has 4 nitrogen and oxygen atoms in total. The maximum absolute atomic E-state index is 12.8. The Morgan fingerprint density at radius 2 is 2.17 bits per heavy atom. The van der Waals surface area contributed by atoms with Crippen molar-refractivity contribution >= 4 is 17.2 Å². The molecule has 1 amide bonds. The van der Waals surface area contributed by atoms with Crippen LogP contribution < -0.4 is 0 Å². The number of amides is 1. The first-order valence-electron chi connectivity index (χ1n) is 8.22. The van der Waals surface area contributed by atoms with Gasteiger partial charge in [-0.05, 0) is 24.8 Å². The van der Waals surface area contributed by atoms with Gasteiger partial charge >= 0.3 is 0 Å². The average Bonchev–Trinajstić information content (AvgIpc) is 3.24.